The fourth-order valence-electron chi connectivity index (χ4n) is 2.32. The number of hydrogen-bond donors (Lipinski definition) is 2. The van der Waals surface area contributed by atoms with Crippen LogP contribution >= 0.6 is 0 Å². The van der Waals surface area contributed by atoms with Gasteiger partial charge in [-0.2, -0.15) is 0 Å². The number of piperidine rings is 1. The maximum atomic E-state index is 12.0. The molecule has 4 nitrogen and oxygen atoms in total. The van der Waals surface area contributed by atoms with Crippen LogP contribution in [0.3, 0.4) is 0 Å². The molecule has 1 fully saturated rings. The van der Waals surface area contributed by atoms with E-state index in [0.29, 0.717) is 6.61 Å². The first kappa shape index (κ1) is 14.9. The number of nitrogens with one attached hydrogen (secondary N) is 2. The van der Waals surface area contributed by atoms with Gasteiger partial charge in [-0.15, -0.1) is 0 Å². The summed E-state index contributed by atoms with van der Waals surface area (Å²) >= 11 is 0. The minimum atomic E-state index is -0.0365. The monoisotopic (exact) mass is 276 g/mol. The lowest BCUT2D eigenvalue weighted by molar-refractivity contribution is -0.124. The highest BCUT2D eigenvalue weighted by atomic mass is 16.5. The predicted molar refractivity (Wildman–Crippen MR) is 79.9 cm³/mol. The van der Waals surface area contributed by atoms with Gasteiger partial charge in [-0.1, -0.05) is 24.1 Å². The van der Waals surface area contributed by atoms with E-state index >= 15 is 0 Å². The fraction of sp³-hybridized carbons (Fsp3) is 0.562. The largest absolute Gasteiger partial charge is 0.491 e. The van der Waals surface area contributed by atoms with Crippen molar-refractivity contribution in [3.63, 3.8) is 0 Å². The van der Waals surface area contributed by atoms with Crippen LogP contribution < -0.4 is 15.4 Å². The first-order valence-corrected chi connectivity index (χ1v) is 7.38. The molecule has 1 saturated heterocycles. The van der Waals surface area contributed by atoms with Crippen LogP contribution in [0.4, 0.5) is 0 Å². The lowest BCUT2D eigenvalue weighted by Crippen LogP contribution is -2.50. The van der Waals surface area contributed by atoms with Gasteiger partial charge in [-0.3, -0.25) is 4.79 Å². The van der Waals surface area contributed by atoms with Crippen molar-refractivity contribution < 1.29 is 9.53 Å². The van der Waals surface area contributed by atoms with E-state index in [1.165, 1.54) is 5.56 Å². The van der Waals surface area contributed by atoms with Gasteiger partial charge in [0.25, 0.3) is 0 Å². The zero-order chi connectivity index (χ0) is 14.4. The average Bonchev–Trinajstić information content (AvgIpc) is 2.47. The van der Waals surface area contributed by atoms with Crippen molar-refractivity contribution in [3.8, 4) is 5.75 Å². The van der Waals surface area contributed by atoms with E-state index in [4.69, 9.17) is 4.74 Å². The molecular formula is C16H24N2O2. The molecular weight excluding hydrogens is 252 g/mol. The van der Waals surface area contributed by atoms with Crippen molar-refractivity contribution in [2.24, 2.45) is 0 Å². The molecule has 1 aromatic rings. The Labute approximate surface area is 120 Å². The summed E-state index contributed by atoms with van der Waals surface area (Å²) in [6, 6.07) is 7.91. The number of amides is 1. The molecule has 0 aromatic heterocycles. The highest BCUT2D eigenvalue weighted by Crippen LogP contribution is 2.12. The molecule has 1 amide bonds. The standard InChI is InChI=1S/C16H24N2O2/c1-12-6-8-14(9-7-12)20-11-13(2)18-16(19)15-5-3-4-10-17-15/h6-9,13,15,17H,3-5,10-11H2,1-2H3,(H,18,19)/t13?,15-/m1/s1. The number of ether oxygens (including phenoxy) is 1. The quantitative estimate of drug-likeness (QED) is 0.865. The number of hydrogen-bond acceptors (Lipinski definition) is 3. The SMILES string of the molecule is Cc1ccc(OCC(C)NC(=O)[C@H]2CCCCN2)cc1. The Morgan fingerprint density at radius 1 is 1.40 bits per heavy atom. The third kappa shape index (κ3) is 4.53. The summed E-state index contributed by atoms with van der Waals surface area (Å²) in [6.45, 7) is 5.44. The number of aryl methyl sites for hydroxylation is 1. The molecule has 4 heteroatoms. The van der Waals surface area contributed by atoms with Crippen LogP contribution in [0.25, 0.3) is 0 Å². The molecule has 2 rings (SSSR count). The molecule has 0 saturated carbocycles. The zero-order valence-corrected chi connectivity index (χ0v) is 12.3. The van der Waals surface area contributed by atoms with Crippen LogP contribution in [-0.4, -0.2) is 31.1 Å². The Kier molecular flexibility index (Phi) is 5.41. The summed E-state index contributed by atoms with van der Waals surface area (Å²) in [7, 11) is 0. The van der Waals surface area contributed by atoms with Crippen molar-refractivity contribution in [2.45, 2.75) is 45.2 Å². The van der Waals surface area contributed by atoms with Gasteiger partial charge in [0, 0.05) is 0 Å². The molecule has 1 aliphatic rings. The van der Waals surface area contributed by atoms with Crippen molar-refractivity contribution in [1.29, 1.82) is 0 Å². The van der Waals surface area contributed by atoms with Crippen LogP contribution in [0.5, 0.6) is 5.75 Å². The minimum absolute atomic E-state index is 0.00697. The number of carbonyl (C=O) groups excluding carboxylic acids is 1. The van der Waals surface area contributed by atoms with Crippen LogP contribution in [-0.2, 0) is 4.79 Å². The number of benzene rings is 1. The van der Waals surface area contributed by atoms with Crippen LogP contribution in [0.2, 0.25) is 0 Å². The Balaban J connectivity index is 1.73. The van der Waals surface area contributed by atoms with Crippen molar-refractivity contribution in [1.82, 2.24) is 10.6 Å². The van der Waals surface area contributed by atoms with Gasteiger partial charge in [0.15, 0.2) is 0 Å². The van der Waals surface area contributed by atoms with Crippen molar-refractivity contribution in [3.05, 3.63) is 29.8 Å². The first-order valence-electron chi connectivity index (χ1n) is 7.38. The highest BCUT2D eigenvalue weighted by molar-refractivity contribution is 5.82. The van der Waals surface area contributed by atoms with Crippen molar-refractivity contribution >= 4 is 5.91 Å². The van der Waals surface area contributed by atoms with Gasteiger partial charge in [-0.05, 0) is 45.4 Å². The summed E-state index contributed by atoms with van der Waals surface area (Å²) in [5, 5.41) is 6.26. The van der Waals surface area contributed by atoms with Gasteiger partial charge in [0.05, 0.1) is 12.1 Å². The molecule has 1 aliphatic heterocycles. The molecule has 0 aliphatic carbocycles. The topological polar surface area (TPSA) is 50.4 Å². The Morgan fingerprint density at radius 2 is 2.15 bits per heavy atom. The van der Waals surface area contributed by atoms with Gasteiger partial charge in [-0.25, -0.2) is 0 Å². The molecule has 2 atom stereocenters. The fourth-order valence-corrected chi connectivity index (χ4v) is 2.32. The van der Waals surface area contributed by atoms with E-state index in [2.05, 4.69) is 10.6 Å². The molecule has 1 aromatic carbocycles. The average molecular weight is 276 g/mol. The Bertz CT molecular complexity index is 425. The summed E-state index contributed by atoms with van der Waals surface area (Å²) in [4.78, 5) is 12.0. The molecule has 1 unspecified atom stereocenters. The first-order chi connectivity index (χ1) is 9.65. The Morgan fingerprint density at radius 3 is 2.80 bits per heavy atom. The summed E-state index contributed by atoms with van der Waals surface area (Å²) < 4.78 is 5.68. The van der Waals surface area contributed by atoms with Gasteiger partial charge in [0.2, 0.25) is 5.91 Å². The molecule has 0 bridgehead atoms. The van der Waals surface area contributed by atoms with Gasteiger partial charge >= 0.3 is 0 Å². The van der Waals surface area contributed by atoms with Crippen LogP contribution in [0.15, 0.2) is 24.3 Å². The highest BCUT2D eigenvalue weighted by Gasteiger charge is 2.21. The van der Waals surface area contributed by atoms with E-state index in [-0.39, 0.29) is 18.0 Å². The van der Waals surface area contributed by atoms with E-state index in [1.54, 1.807) is 0 Å². The summed E-state index contributed by atoms with van der Waals surface area (Å²) in [6.07, 6.45) is 3.21. The van der Waals surface area contributed by atoms with Gasteiger partial charge < -0.3 is 15.4 Å². The normalized spacial score (nSPS) is 20.2. The maximum absolute atomic E-state index is 12.0. The van der Waals surface area contributed by atoms with Crippen LogP contribution in [0.1, 0.15) is 31.7 Å². The number of rotatable bonds is 5. The second-order valence-electron chi connectivity index (χ2n) is 5.54. The lowest BCUT2D eigenvalue weighted by atomic mass is 10.0. The molecule has 0 spiro atoms. The minimum Gasteiger partial charge on any atom is -0.491 e. The zero-order valence-electron chi connectivity index (χ0n) is 12.3. The third-order valence-electron chi connectivity index (χ3n) is 3.54. The Hall–Kier alpha value is -1.55. The van der Waals surface area contributed by atoms with E-state index in [9.17, 15) is 4.79 Å². The second kappa shape index (κ2) is 7.29. The third-order valence-corrected chi connectivity index (χ3v) is 3.54. The van der Waals surface area contributed by atoms with Crippen LogP contribution in [0, 0.1) is 6.92 Å². The summed E-state index contributed by atoms with van der Waals surface area (Å²) in [5.41, 5.74) is 1.21. The lowest BCUT2D eigenvalue weighted by Gasteiger charge is -2.24. The molecule has 1 heterocycles. The van der Waals surface area contributed by atoms with E-state index in [0.717, 1.165) is 31.6 Å². The van der Waals surface area contributed by atoms with Crippen molar-refractivity contribution in [2.75, 3.05) is 13.2 Å². The van der Waals surface area contributed by atoms with E-state index < -0.39 is 0 Å². The molecule has 110 valence electrons. The van der Waals surface area contributed by atoms with E-state index in [1.807, 2.05) is 38.1 Å². The predicted octanol–water partition coefficient (Wildman–Crippen LogP) is 2.02. The molecule has 20 heavy (non-hydrogen) atoms. The smallest absolute Gasteiger partial charge is 0.237 e. The maximum Gasteiger partial charge on any atom is 0.237 e. The summed E-state index contributed by atoms with van der Waals surface area (Å²) in [5.74, 6) is 0.928. The van der Waals surface area contributed by atoms with Gasteiger partial charge in [0.1, 0.15) is 12.4 Å². The number of carbonyl (C=O) groups is 1. The second-order valence-corrected chi connectivity index (χ2v) is 5.54. The molecule has 2 N–H and O–H groups in total. The molecule has 0 radical (unpaired) electrons.